The highest BCUT2D eigenvalue weighted by atomic mass is 16.2. The van der Waals surface area contributed by atoms with Gasteiger partial charge in [0.2, 0.25) is 0 Å². The van der Waals surface area contributed by atoms with E-state index in [0.29, 0.717) is 16.6 Å². The number of benzene rings is 1. The van der Waals surface area contributed by atoms with Crippen LogP contribution in [0.5, 0.6) is 0 Å². The summed E-state index contributed by atoms with van der Waals surface area (Å²) in [5.74, 6) is 0. The van der Waals surface area contributed by atoms with Crippen LogP contribution in [-0.2, 0) is 6.54 Å². The van der Waals surface area contributed by atoms with Gasteiger partial charge in [-0.05, 0) is 18.2 Å². The molecule has 0 bridgehead atoms. The number of para-hydroxylation sites is 1. The van der Waals surface area contributed by atoms with Gasteiger partial charge in [-0.3, -0.25) is 14.4 Å². The van der Waals surface area contributed by atoms with Gasteiger partial charge in [0.15, 0.2) is 0 Å². The number of aliphatic imine (C=N–C) groups is 1. The molecular weight excluding hydrogens is 242 g/mol. The molecule has 2 aromatic rings. The summed E-state index contributed by atoms with van der Waals surface area (Å²) in [5.41, 5.74) is 0.202. The summed E-state index contributed by atoms with van der Waals surface area (Å²) < 4.78 is 1.09. The molecule has 0 radical (unpaired) electrons. The number of aromatic nitrogens is 2. The van der Waals surface area contributed by atoms with Crippen LogP contribution in [0.25, 0.3) is 10.9 Å². The molecule has 1 aromatic heterocycles. The number of nitrogens with one attached hydrogen (secondary N) is 1. The second-order valence-corrected chi connectivity index (χ2v) is 3.87. The minimum atomic E-state index is -0.470. The zero-order valence-corrected chi connectivity index (χ0v) is 10.3. The zero-order chi connectivity index (χ0) is 13.8. The Kier molecular flexibility index (Phi) is 3.56. The molecular formula is C14H15N3O2. The molecule has 0 aliphatic heterocycles. The van der Waals surface area contributed by atoms with E-state index in [2.05, 4.69) is 23.1 Å². The Hall–Kier alpha value is -2.69. The number of H-pyrrole nitrogens is 1. The van der Waals surface area contributed by atoms with Crippen LogP contribution in [0, 0.1) is 0 Å². The average Bonchev–Trinajstić information content (AvgIpc) is 2.42. The first-order valence-electron chi connectivity index (χ1n) is 5.69. The van der Waals surface area contributed by atoms with Crippen molar-refractivity contribution in [2.24, 2.45) is 4.99 Å². The molecule has 0 atom stereocenters. The molecule has 0 spiro atoms. The summed E-state index contributed by atoms with van der Waals surface area (Å²) in [6, 6.07) is 6.87. The number of fused-ring (bicyclic) bond motifs is 1. The third-order valence-corrected chi connectivity index (χ3v) is 2.70. The number of hydrogen-bond acceptors (Lipinski definition) is 3. The Bertz CT molecular complexity index is 787. The highest BCUT2D eigenvalue weighted by Crippen LogP contribution is 2.02. The molecule has 0 saturated heterocycles. The van der Waals surface area contributed by atoms with Crippen LogP contribution in [0.3, 0.4) is 0 Å². The molecule has 0 saturated carbocycles. The summed E-state index contributed by atoms with van der Waals surface area (Å²) in [6.45, 7) is 7.13. The largest absolute Gasteiger partial charge is 0.329 e. The lowest BCUT2D eigenvalue weighted by Gasteiger charge is -2.05. The van der Waals surface area contributed by atoms with Gasteiger partial charge in [0.1, 0.15) is 0 Å². The van der Waals surface area contributed by atoms with E-state index < -0.39 is 5.69 Å². The van der Waals surface area contributed by atoms with Crippen LogP contribution in [0.4, 0.5) is 0 Å². The second kappa shape index (κ2) is 5.30. The third-order valence-electron chi connectivity index (χ3n) is 2.70. The number of allylic oxidation sites excluding steroid dienone is 1. The number of aromatic amines is 1. The molecule has 19 heavy (non-hydrogen) atoms. The maximum absolute atomic E-state index is 12.2. The van der Waals surface area contributed by atoms with Crippen molar-refractivity contribution in [3.05, 3.63) is 70.5 Å². The van der Waals surface area contributed by atoms with E-state index in [1.54, 1.807) is 24.3 Å². The van der Waals surface area contributed by atoms with Gasteiger partial charge in [-0.15, -0.1) is 0 Å². The number of nitrogens with zero attached hydrogens (tertiary/aromatic N) is 2. The molecule has 1 N–H and O–H groups in total. The smallest absolute Gasteiger partial charge is 0.307 e. The summed E-state index contributed by atoms with van der Waals surface area (Å²) in [5, 5.41) is 0.462. The van der Waals surface area contributed by atoms with E-state index in [1.807, 2.05) is 0 Å². The van der Waals surface area contributed by atoms with Crippen molar-refractivity contribution >= 4 is 16.6 Å². The van der Waals surface area contributed by atoms with Gasteiger partial charge < -0.3 is 4.98 Å². The molecule has 1 heterocycles. The maximum atomic E-state index is 12.2. The summed E-state index contributed by atoms with van der Waals surface area (Å²) >= 11 is 0. The van der Waals surface area contributed by atoms with E-state index >= 15 is 0 Å². The Labute approximate surface area is 110 Å². The monoisotopic (exact) mass is 257 g/mol. The Morgan fingerprint density at radius 2 is 2.11 bits per heavy atom. The van der Waals surface area contributed by atoms with E-state index in [9.17, 15) is 9.59 Å². The van der Waals surface area contributed by atoms with Gasteiger partial charge in [0, 0.05) is 7.63 Å². The van der Waals surface area contributed by atoms with E-state index in [4.69, 9.17) is 0 Å². The fraction of sp³-hybridized carbons (Fsp3) is 0.0714. The van der Waals surface area contributed by atoms with Gasteiger partial charge in [-0.2, -0.15) is 0 Å². The maximum Gasteiger partial charge on any atom is 0.329 e. The minimum absolute atomic E-state index is 0. The van der Waals surface area contributed by atoms with Crippen LogP contribution in [0.1, 0.15) is 1.43 Å². The molecule has 0 unspecified atom stereocenters. The SMILES string of the molecule is C=CN=C(C=C)Cn1c(=O)[nH]c2ccccc2c1=O.[HH]. The highest BCUT2D eigenvalue weighted by Gasteiger charge is 2.08. The first-order chi connectivity index (χ1) is 9.17. The van der Waals surface area contributed by atoms with E-state index in [1.165, 1.54) is 12.3 Å². The van der Waals surface area contributed by atoms with Crippen molar-refractivity contribution in [3.8, 4) is 0 Å². The van der Waals surface area contributed by atoms with E-state index in [0.717, 1.165) is 4.57 Å². The van der Waals surface area contributed by atoms with Gasteiger partial charge in [-0.25, -0.2) is 4.79 Å². The standard InChI is InChI=1S/C14H13N3O2.H2/c1-3-10(15-4-2)9-17-13(18)11-7-5-6-8-12(11)16-14(17)19;/h3-8H,1-2,9H2,(H,16,19);1H. The normalized spacial score (nSPS) is 11.5. The highest BCUT2D eigenvalue weighted by molar-refractivity contribution is 5.94. The van der Waals surface area contributed by atoms with Crippen LogP contribution in [0.15, 0.2) is 64.3 Å². The summed E-state index contributed by atoms with van der Waals surface area (Å²) in [6.07, 6.45) is 2.83. The quantitative estimate of drug-likeness (QED) is 0.847. The van der Waals surface area contributed by atoms with Gasteiger partial charge in [0.25, 0.3) is 5.56 Å². The molecule has 0 amide bonds. The summed E-state index contributed by atoms with van der Waals surface area (Å²) in [7, 11) is 0. The molecule has 98 valence electrons. The topological polar surface area (TPSA) is 67.2 Å². The van der Waals surface area contributed by atoms with Crippen molar-refractivity contribution in [2.45, 2.75) is 6.54 Å². The third kappa shape index (κ3) is 2.44. The average molecular weight is 257 g/mol. The van der Waals surface area contributed by atoms with Crippen LogP contribution in [-0.4, -0.2) is 15.3 Å². The Morgan fingerprint density at radius 3 is 2.79 bits per heavy atom. The zero-order valence-electron chi connectivity index (χ0n) is 10.3. The molecule has 0 aliphatic carbocycles. The Balaban J connectivity index is 0.00000200. The van der Waals surface area contributed by atoms with Crippen LogP contribution in [0.2, 0.25) is 0 Å². The van der Waals surface area contributed by atoms with Gasteiger partial charge in [-0.1, -0.05) is 25.3 Å². The van der Waals surface area contributed by atoms with Gasteiger partial charge in [0.05, 0.1) is 23.2 Å². The van der Waals surface area contributed by atoms with E-state index in [-0.39, 0.29) is 13.5 Å². The summed E-state index contributed by atoms with van der Waals surface area (Å²) in [4.78, 5) is 30.7. The van der Waals surface area contributed by atoms with Crippen molar-refractivity contribution in [3.63, 3.8) is 0 Å². The van der Waals surface area contributed by atoms with Crippen molar-refractivity contribution in [2.75, 3.05) is 0 Å². The lowest BCUT2D eigenvalue weighted by atomic mass is 10.2. The second-order valence-electron chi connectivity index (χ2n) is 3.87. The van der Waals surface area contributed by atoms with Gasteiger partial charge >= 0.3 is 5.69 Å². The minimum Gasteiger partial charge on any atom is -0.307 e. The lowest BCUT2D eigenvalue weighted by Crippen LogP contribution is -2.36. The molecule has 0 fully saturated rings. The van der Waals surface area contributed by atoms with Crippen molar-refractivity contribution in [1.29, 1.82) is 0 Å². The number of hydrogen-bond donors (Lipinski definition) is 1. The van der Waals surface area contributed by atoms with Crippen LogP contribution >= 0.6 is 0 Å². The Morgan fingerprint density at radius 1 is 1.37 bits per heavy atom. The first kappa shape index (κ1) is 12.8. The predicted octanol–water partition coefficient (Wildman–Crippen LogP) is 1.71. The van der Waals surface area contributed by atoms with Crippen molar-refractivity contribution in [1.82, 2.24) is 9.55 Å². The lowest BCUT2D eigenvalue weighted by molar-refractivity contribution is 0.751. The fourth-order valence-electron chi connectivity index (χ4n) is 1.78. The first-order valence-corrected chi connectivity index (χ1v) is 5.69. The molecule has 1 aromatic carbocycles. The fourth-order valence-corrected chi connectivity index (χ4v) is 1.78. The van der Waals surface area contributed by atoms with Crippen molar-refractivity contribution < 1.29 is 1.43 Å². The molecule has 5 heteroatoms. The molecule has 5 nitrogen and oxygen atoms in total. The number of rotatable bonds is 4. The molecule has 2 rings (SSSR count). The van der Waals surface area contributed by atoms with Crippen LogP contribution < -0.4 is 11.2 Å². The predicted molar refractivity (Wildman–Crippen MR) is 78.8 cm³/mol. The molecule has 0 aliphatic rings.